The lowest BCUT2D eigenvalue weighted by Gasteiger charge is -2.16. The molecule has 0 unspecified atom stereocenters. The molecule has 1 atom stereocenters. The summed E-state index contributed by atoms with van der Waals surface area (Å²) in [5.41, 5.74) is 2.13. The lowest BCUT2D eigenvalue weighted by molar-refractivity contribution is 0.101. The monoisotopic (exact) mass is 465 g/mol. The summed E-state index contributed by atoms with van der Waals surface area (Å²) in [6.07, 6.45) is 2.17. The van der Waals surface area contributed by atoms with E-state index in [1.807, 2.05) is 54.8 Å². The zero-order valence-electron chi connectivity index (χ0n) is 19.8. The Morgan fingerprint density at radius 3 is 2.71 bits per heavy atom. The first kappa shape index (κ1) is 23.4. The third-order valence-corrected chi connectivity index (χ3v) is 5.84. The highest BCUT2D eigenvalue weighted by Crippen LogP contribution is 2.29. The van der Waals surface area contributed by atoms with Crippen molar-refractivity contribution < 1.29 is 19.1 Å². The normalized spacial score (nSPS) is 15.4. The standard InChI is InChI=1S/C25H31N5O4/c1-4-30-20-8-7-9-22(33-5-2)19(20)14-21(30)24(31)28-17-10-11-23(26-15-17)27-18-12-13-29(16-18)25(32)34-6-3/h7-11,14-15,18H,4-6,12-13,16H2,1-3H3,(H,26,27)(H,28,31)/t18-/m0/s1. The lowest BCUT2D eigenvalue weighted by atomic mass is 10.2. The van der Waals surface area contributed by atoms with Gasteiger partial charge in [0.05, 0.1) is 30.6 Å². The van der Waals surface area contributed by atoms with Gasteiger partial charge < -0.3 is 29.6 Å². The van der Waals surface area contributed by atoms with Crippen LogP contribution in [0.4, 0.5) is 16.3 Å². The predicted molar refractivity (Wildman–Crippen MR) is 132 cm³/mol. The zero-order valence-corrected chi connectivity index (χ0v) is 19.8. The van der Waals surface area contributed by atoms with Crippen LogP contribution >= 0.6 is 0 Å². The molecule has 0 spiro atoms. The van der Waals surface area contributed by atoms with Crippen LogP contribution in [0.3, 0.4) is 0 Å². The fraction of sp³-hybridized carbons (Fsp3) is 0.400. The Kier molecular flexibility index (Phi) is 7.20. The van der Waals surface area contributed by atoms with Crippen molar-refractivity contribution in [2.45, 2.75) is 39.8 Å². The molecule has 1 saturated heterocycles. The van der Waals surface area contributed by atoms with Crippen LogP contribution in [0.5, 0.6) is 5.75 Å². The molecule has 1 aromatic carbocycles. The largest absolute Gasteiger partial charge is 0.493 e. The molecule has 2 amide bonds. The van der Waals surface area contributed by atoms with Crippen LogP contribution in [0.2, 0.25) is 0 Å². The summed E-state index contributed by atoms with van der Waals surface area (Å²) in [5, 5.41) is 7.20. The molecule has 0 saturated carbocycles. The molecule has 180 valence electrons. The summed E-state index contributed by atoms with van der Waals surface area (Å²) < 4.78 is 12.8. The van der Waals surface area contributed by atoms with Gasteiger partial charge in [-0.15, -0.1) is 0 Å². The van der Waals surface area contributed by atoms with Gasteiger partial charge in [0.25, 0.3) is 5.91 Å². The molecule has 3 heterocycles. The minimum Gasteiger partial charge on any atom is -0.493 e. The van der Waals surface area contributed by atoms with Gasteiger partial charge in [0, 0.05) is 31.1 Å². The maximum atomic E-state index is 13.1. The summed E-state index contributed by atoms with van der Waals surface area (Å²) in [6, 6.07) is 11.5. The summed E-state index contributed by atoms with van der Waals surface area (Å²) in [6.45, 7) is 8.57. The topological polar surface area (TPSA) is 97.7 Å². The number of amides is 2. The highest BCUT2D eigenvalue weighted by molar-refractivity contribution is 6.07. The van der Waals surface area contributed by atoms with E-state index < -0.39 is 0 Å². The highest BCUT2D eigenvalue weighted by Gasteiger charge is 2.27. The van der Waals surface area contributed by atoms with Crippen molar-refractivity contribution in [1.82, 2.24) is 14.5 Å². The average Bonchev–Trinajstić information content (AvgIpc) is 3.46. The number of hydrogen-bond donors (Lipinski definition) is 2. The Morgan fingerprint density at radius 2 is 2.00 bits per heavy atom. The van der Waals surface area contributed by atoms with E-state index in [1.54, 1.807) is 18.0 Å². The molecule has 1 aliphatic rings. The van der Waals surface area contributed by atoms with Crippen molar-refractivity contribution in [3.63, 3.8) is 0 Å². The van der Waals surface area contributed by atoms with Crippen LogP contribution in [-0.4, -0.2) is 58.8 Å². The molecule has 2 N–H and O–H groups in total. The Labute approximate surface area is 199 Å². The van der Waals surface area contributed by atoms with E-state index in [1.165, 1.54) is 0 Å². The van der Waals surface area contributed by atoms with Crippen LogP contribution in [0, 0.1) is 0 Å². The Bertz CT molecular complexity index is 1160. The Hall–Kier alpha value is -3.75. The van der Waals surface area contributed by atoms with Crippen molar-refractivity contribution in [1.29, 1.82) is 0 Å². The maximum absolute atomic E-state index is 13.1. The fourth-order valence-corrected chi connectivity index (χ4v) is 4.28. The minimum absolute atomic E-state index is 0.108. The Morgan fingerprint density at radius 1 is 1.15 bits per heavy atom. The van der Waals surface area contributed by atoms with Gasteiger partial charge in [-0.2, -0.15) is 0 Å². The fourth-order valence-electron chi connectivity index (χ4n) is 4.28. The number of carbonyl (C=O) groups is 2. The maximum Gasteiger partial charge on any atom is 0.409 e. The lowest BCUT2D eigenvalue weighted by Crippen LogP contribution is -2.32. The molecule has 0 radical (unpaired) electrons. The molecule has 1 aliphatic heterocycles. The molecule has 2 aromatic heterocycles. The van der Waals surface area contributed by atoms with E-state index >= 15 is 0 Å². The molecule has 0 aliphatic carbocycles. The van der Waals surface area contributed by atoms with Gasteiger partial charge in [0.15, 0.2) is 0 Å². The second-order valence-corrected chi connectivity index (χ2v) is 8.06. The molecule has 9 heteroatoms. The van der Waals surface area contributed by atoms with E-state index in [-0.39, 0.29) is 18.0 Å². The number of rotatable bonds is 8. The number of ether oxygens (including phenoxy) is 2. The number of benzene rings is 1. The number of anilines is 2. The van der Waals surface area contributed by atoms with Gasteiger partial charge in [-0.1, -0.05) is 6.07 Å². The van der Waals surface area contributed by atoms with Crippen molar-refractivity contribution in [3.05, 3.63) is 48.3 Å². The number of nitrogens with zero attached hydrogens (tertiary/aromatic N) is 3. The van der Waals surface area contributed by atoms with Gasteiger partial charge in [0.2, 0.25) is 0 Å². The summed E-state index contributed by atoms with van der Waals surface area (Å²) >= 11 is 0. The first-order chi connectivity index (χ1) is 16.5. The van der Waals surface area contributed by atoms with Crippen LogP contribution < -0.4 is 15.4 Å². The average molecular weight is 466 g/mol. The van der Waals surface area contributed by atoms with E-state index in [0.717, 1.165) is 23.1 Å². The van der Waals surface area contributed by atoms with Gasteiger partial charge in [-0.05, 0) is 57.5 Å². The van der Waals surface area contributed by atoms with Crippen LogP contribution in [0.1, 0.15) is 37.7 Å². The number of likely N-dealkylation sites (tertiary alicyclic amines) is 1. The molecule has 1 fully saturated rings. The van der Waals surface area contributed by atoms with Crippen LogP contribution in [0.25, 0.3) is 10.9 Å². The van der Waals surface area contributed by atoms with E-state index in [0.29, 0.717) is 50.0 Å². The second kappa shape index (κ2) is 10.5. The van der Waals surface area contributed by atoms with Crippen molar-refractivity contribution in [2.75, 3.05) is 36.9 Å². The minimum atomic E-state index is -0.282. The molecule has 0 bridgehead atoms. The molecule has 9 nitrogen and oxygen atoms in total. The van der Waals surface area contributed by atoms with E-state index in [9.17, 15) is 9.59 Å². The van der Waals surface area contributed by atoms with Crippen molar-refractivity contribution >= 4 is 34.4 Å². The number of hydrogen-bond acceptors (Lipinski definition) is 6. The molecule has 3 aromatic rings. The van der Waals surface area contributed by atoms with E-state index in [4.69, 9.17) is 9.47 Å². The van der Waals surface area contributed by atoms with Gasteiger partial charge in [0.1, 0.15) is 17.3 Å². The number of fused-ring (bicyclic) bond motifs is 1. The van der Waals surface area contributed by atoms with Crippen molar-refractivity contribution in [3.8, 4) is 5.75 Å². The molecule has 4 rings (SSSR count). The van der Waals surface area contributed by atoms with Gasteiger partial charge in [-0.3, -0.25) is 4.79 Å². The zero-order chi connectivity index (χ0) is 24.1. The summed E-state index contributed by atoms with van der Waals surface area (Å²) in [4.78, 5) is 31.1. The third-order valence-electron chi connectivity index (χ3n) is 5.84. The van der Waals surface area contributed by atoms with Crippen LogP contribution in [-0.2, 0) is 11.3 Å². The smallest absolute Gasteiger partial charge is 0.409 e. The number of pyridine rings is 1. The van der Waals surface area contributed by atoms with Crippen molar-refractivity contribution in [2.24, 2.45) is 0 Å². The first-order valence-electron chi connectivity index (χ1n) is 11.7. The molecule has 34 heavy (non-hydrogen) atoms. The van der Waals surface area contributed by atoms with Gasteiger partial charge in [-0.25, -0.2) is 9.78 Å². The third kappa shape index (κ3) is 4.93. The van der Waals surface area contributed by atoms with E-state index in [2.05, 4.69) is 15.6 Å². The summed E-state index contributed by atoms with van der Waals surface area (Å²) in [5.74, 6) is 1.26. The van der Waals surface area contributed by atoms with Crippen LogP contribution in [0.15, 0.2) is 42.6 Å². The Balaban J connectivity index is 1.42. The highest BCUT2D eigenvalue weighted by atomic mass is 16.6. The number of nitrogens with one attached hydrogen (secondary N) is 2. The SMILES string of the molecule is CCOC(=O)N1CC[C@H](Nc2ccc(NC(=O)c3cc4c(OCC)cccc4n3CC)cn2)C1. The number of aromatic nitrogens is 2. The van der Waals surface area contributed by atoms with Gasteiger partial charge >= 0.3 is 6.09 Å². The quantitative estimate of drug-likeness (QED) is 0.513. The first-order valence-corrected chi connectivity index (χ1v) is 11.7. The molecular weight excluding hydrogens is 434 g/mol. The number of carbonyl (C=O) groups excluding carboxylic acids is 2. The predicted octanol–water partition coefficient (Wildman–Crippen LogP) is 4.35. The summed E-state index contributed by atoms with van der Waals surface area (Å²) in [7, 11) is 0. The number of aryl methyl sites for hydroxylation is 1. The molecular formula is C25H31N5O4. The second-order valence-electron chi connectivity index (χ2n) is 8.06.